The van der Waals surface area contributed by atoms with Crippen LogP contribution in [0.25, 0.3) is 0 Å². The largest absolute Gasteiger partial charge is 0.335 e. The first-order valence-corrected chi connectivity index (χ1v) is 12.3. The Labute approximate surface area is 187 Å². The zero-order valence-electron chi connectivity index (χ0n) is 17.7. The van der Waals surface area contributed by atoms with Crippen LogP contribution in [0.1, 0.15) is 46.4 Å². The quantitative estimate of drug-likeness (QED) is 0.745. The summed E-state index contributed by atoms with van der Waals surface area (Å²) in [4.78, 5) is 28.8. The number of nitrogens with zero attached hydrogens (tertiary/aromatic N) is 2. The van der Waals surface area contributed by atoms with Crippen molar-refractivity contribution in [1.29, 1.82) is 0 Å². The van der Waals surface area contributed by atoms with Gasteiger partial charge in [-0.15, -0.1) is 0 Å². The van der Waals surface area contributed by atoms with E-state index in [1.54, 1.807) is 28.0 Å². The Morgan fingerprint density at radius 3 is 1.94 bits per heavy atom. The fourth-order valence-electron chi connectivity index (χ4n) is 4.23. The predicted octanol–water partition coefficient (Wildman–Crippen LogP) is 2.64. The molecule has 2 amide bonds. The second-order valence-corrected chi connectivity index (χ2v) is 9.94. The van der Waals surface area contributed by atoms with E-state index >= 15 is 0 Å². The van der Waals surface area contributed by atoms with Crippen molar-refractivity contribution in [2.45, 2.75) is 36.6 Å². The molecule has 9 heteroatoms. The van der Waals surface area contributed by atoms with Gasteiger partial charge in [0.25, 0.3) is 11.8 Å². The lowest BCUT2D eigenvalue weighted by molar-refractivity contribution is 0.0535. The van der Waals surface area contributed by atoms with E-state index in [9.17, 15) is 22.4 Å². The van der Waals surface area contributed by atoms with E-state index in [0.717, 1.165) is 25.7 Å². The summed E-state index contributed by atoms with van der Waals surface area (Å²) >= 11 is 0. The highest BCUT2D eigenvalue weighted by Gasteiger charge is 2.27. The van der Waals surface area contributed by atoms with E-state index in [4.69, 9.17) is 0 Å². The number of hydrogen-bond acceptors (Lipinski definition) is 4. The predicted molar refractivity (Wildman–Crippen MR) is 117 cm³/mol. The van der Waals surface area contributed by atoms with Crippen LogP contribution in [-0.4, -0.2) is 62.3 Å². The van der Waals surface area contributed by atoms with E-state index in [0.29, 0.717) is 31.7 Å². The van der Waals surface area contributed by atoms with Gasteiger partial charge in [0.15, 0.2) is 0 Å². The number of hydrogen-bond donors (Lipinski definition) is 1. The van der Waals surface area contributed by atoms with Crippen molar-refractivity contribution in [3.63, 3.8) is 0 Å². The van der Waals surface area contributed by atoms with E-state index < -0.39 is 15.8 Å². The highest BCUT2D eigenvalue weighted by molar-refractivity contribution is 7.89. The minimum Gasteiger partial charge on any atom is -0.335 e. The standard InChI is InChI=1S/C23H26FN3O4S/c24-19-7-3-5-17(15-19)22(28)26-11-13-27(14-12-26)23(29)18-6-4-10-21(16-18)32(30,31)25-20-8-1-2-9-20/h3-7,10,15-16,20,25H,1-2,8-9,11-14H2. The van der Waals surface area contributed by atoms with Crippen LogP contribution in [0.4, 0.5) is 4.39 Å². The number of amides is 2. The molecule has 1 aliphatic carbocycles. The van der Waals surface area contributed by atoms with Gasteiger partial charge in [-0.25, -0.2) is 17.5 Å². The first-order valence-electron chi connectivity index (χ1n) is 10.8. The normalized spacial score (nSPS) is 17.5. The van der Waals surface area contributed by atoms with Gasteiger partial charge in [-0.3, -0.25) is 9.59 Å². The summed E-state index contributed by atoms with van der Waals surface area (Å²) in [5.41, 5.74) is 0.571. The molecule has 0 bridgehead atoms. The number of piperazine rings is 1. The van der Waals surface area contributed by atoms with Crippen LogP contribution in [0.2, 0.25) is 0 Å². The number of rotatable bonds is 5. The molecule has 0 atom stereocenters. The van der Waals surface area contributed by atoms with Gasteiger partial charge in [0.2, 0.25) is 10.0 Å². The molecule has 0 aromatic heterocycles. The zero-order chi connectivity index (χ0) is 22.7. The Balaban J connectivity index is 1.40. The van der Waals surface area contributed by atoms with Gasteiger partial charge < -0.3 is 9.80 Å². The lowest BCUT2D eigenvalue weighted by Crippen LogP contribution is -2.50. The maximum atomic E-state index is 13.4. The maximum absolute atomic E-state index is 13.4. The summed E-state index contributed by atoms with van der Waals surface area (Å²) in [7, 11) is -3.69. The number of carbonyl (C=O) groups excluding carboxylic acids is 2. The first kappa shape index (κ1) is 22.4. The lowest BCUT2D eigenvalue weighted by Gasteiger charge is -2.35. The average molecular weight is 460 g/mol. The first-order chi connectivity index (χ1) is 15.3. The van der Waals surface area contributed by atoms with Crippen molar-refractivity contribution in [2.75, 3.05) is 26.2 Å². The molecular weight excluding hydrogens is 433 g/mol. The monoisotopic (exact) mass is 459 g/mol. The molecule has 7 nitrogen and oxygen atoms in total. The lowest BCUT2D eigenvalue weighted by atomic mass is 10.1. The van der Waals surface area contributed by atoms with Crippen molar-refractivity contribution in [2.24, 2.45) is 0 Å². The van der Waals surface area contributed by atoms with Crippen LogP contribution in [-0.2, 0) is 10.0 Å². The molecule has 1 saturated heterocycles. The summed E-state index contributed by atoms with van der Waals surface area (Å²) in [5.74, 6) is -1.02. The van der Waals surface area contributed by atoms with Crippen LogP contribution < -0.4 is 4.72 Å². The zero-order valence-corrected chi connectivity index (χ0v) is 18.5. The second kappa shape index (κ2) is 9.38. The van der Waals surface area contributed by atoms with Crippen molar-refractivity contribution >= 4 is 21.8 Å². The summed E-state index contributed by atoms with van der Waals surface area (Å²) < 4.78 is 41.6. The molecule has 2 aromatic carbocycles. The third-order valence-corrected chi connectivity index (χ3v) is 7.51. The molecule has 1 N–H and O–H groups in total. The molecule has 0 unspecified atom stereocenters. The summed E-state index contributed by atoms with van der Waals surface area (Å²) in [6.45, 7) is 1.28. The van der Waals surface area contributed by atoms with Gasteiger partial charge in [0.1, 0.15) is 5.82 Å². The molecular formula is C23H26FN3O4S. The van der Waals surface area contributed by atoms with Crippen LogP contribution in [0.5, 0.6) is 0 Å². The van der Waals surface area contributed by atoms with E-state index in [-0.39, 0.29) is 28.3 Å². The third-order valence-electron chi connectivity index (χ3n) is 5.99. The number of nitrogens with one attached hydrogen (secondary N) is 1. The molecule has 0 radical (unpaired) electrons. The topological polar surface area (TPSA) is 86.8 Å². The Bertz CT molecular complexity index is 1110. The van der Waals surface area contributed by atoms with Gasteiger partial charge in [0, 0.05) is 43.3 Å². The summed E-state index contributed by atoms with van der Waals surface area (Å²) in [5, 5.41) is 0. The van der Waals surface area contributed by atoms with E-state index in [1.807, 2.05) is 0 Å². The molecule has 1 heterocycles. The number of sulfonamides is 1. The van der Waals surface area contributed by atoms with Crippen LogP contribution in [0, 0.1) is 5.82 Å². The second-order valence-electron chi connectivity index (χ2n) is 8.23. The summed E-state index contributed by atoms with van der Waals surface area (Å²) in [6.07, 6.45) is 3.69. The Morgan fingerprint density at radius 2 is 1.38 bits per heavy atom. The molecule has 2 fully saturated rings. The SMILES string of the molecule is O=C(c1cccc(F)c1)N1CCN(C(=O)c2cccc(S(=O)(=O)NC3CCCC3)c2)CC1. The van der Waals surface area contributed by atoms with Crippen molar-refractivity contribution in [1.82, 2.24) is 14.5 Å². The minimum atomic E-state index is -3.69. The van der Waals surface area contributed by atoms with Gasteiger partial charge >= 0.3 is 0 Å². The van der Waals surface area contributed by atoms with Crippen molar-refractivity contribution in [3.8, 4) is 0 Å². The number of halogens is 1. The molecule has 32 heavy (non-hydrogen) atoms. The van der Waals surface area contributed by atoms with Gasteiger partial charge in [-0.05, 0) is 49.2 Å². The fourth-order valence-corrected chi connectivity index (χ4v) is 5.58. The Morgan fingerprint density at radius 1 is 0.844 bits per heavy atom. The van der Waals surface area contributed by atoms with E-state index in [1.165, 1.54) is 30.3 Å². The van der Waals surface area contributed by atoms with E-state index in [2.05, 4.69) is 4.72 Å². The Hall–Kier alpha value is -2.78. The number of carbonyl (C=O) groups is 2. The highest BCUT2D eigenvalue weighted by Crippen LogP contribution is 2.21. The van der Waals surface area contributed by atoms with Gasteiger partial charge in [-0.1, -0.05) is 25.0 Å². The van der Waals surface area contributed by atoms with Gasteiger partial charge in [0.05, 0.1) is 4.90 Å². The fraction of sp³-hybridized carbons (Fsp3) is 0.391. The van der Waals surface area contributed by atoms with Crippen molar-refractivity contribution in [3.05, 3.63) is 65.5 Å². The maximum Gasteiger partial charge on any atom is 0.254 e. The van der Waals surface area contributed by atoms with Crippen LogP contribution in [0.3, 0.4) is 0 Å². The molecule has 2 aromatic rings. The van der Waals surface area contributed by atoms with Crippen molar-refractivity contribution < 1.29 is 22.4 Å². The highest BCUT2D eigenvalue weighted by atomic mass is 32.2. The Kier molecular flexibility index (Phi) is 6.57. The molecule has 1 aliphatic heterocycles. The molecule has 2 aliphatic rings. The van der Waals surface area contributed by atoms with Crippen LogP contribution in [0.15, 0.2) is 53.4 Å². The van der Waals surface area contributed by atoms with Crippen LogP contribution >= 0.6 is 0 Å². The molecule has 1 saturated carbocycles. The smallest absolute Gasteiger partial charge is 0.254 e. The summed E-state index contributed by atoms with van der Waals surface area (Å²) in [6, 6.07) is 11.5. The number of benzene rings is 2. The molecule has 170 valence electrons. The van der Waals surface area contributed by atoms with Gasteiger partial charge in [-0.2, -0.15) is 0 Å². The average Bonchev–Trinajstić information content (AvgIpc) is 3.30. The minimum absolute atomic E-state index is 0.0527. The third kappa shape index (κ3) is 4.99. The molecule has 4 rings (SSSR count). The molecule has 0 spiro atoms.